The van der Waals surface area contributed by atoms with E-state index in [4.69, 9.17) is 0 Å². The zero-order valence-electron chi connectivity index (χ0n) is 14.7. The molecule has 2 fully saturated rings. The molecule has 138 valence electrons. The lowest BCUT2D eigenvalue weighted by atomic mass is 9.69. The Morgan fingerprint density at radius 2 is 1.85 bits per heavy atom. The predicted octanol–water partition coefficient (Wildman–Crippen LogP) is 3.74. The van der Waals surface area contributed by atoms with Crippen LogP contribution in [0.1, 0.15) is 29.9 Å². The van der Waals surface area contributed by atoms with Gasteiger partial charge in [-0.2, -0.15) is 0 Å². The molecule has 2 unspecified atom stereocenters. The normalized spacial score (nSPS) is 25.3. The first kappa shape index (κ1) is 18.9. The molecule has 2 atom stereocenters. The minimum atomic E-state index is -0.519. The Morgan fingerprint density at radius 1 is 1.12 bits per heavy atom. The molecule has 0 aliphatic carbocycles. The highest BCUT2D eigenvalue weighted by Gasteiger charge is 2.54. The van der Waals surface area contributed by atoms with E-state index in [9.17, 15) is 9.18 Å². The van der Waals surface area contributed by atoms with Crippen LogP contribution >= 0.6 is 12.4 Å². The van der Waals surface area contributed by atoms with Gasteiger partial charge in [0.1, 0.15) is 5.82 Å². The van der Waals surface area contributed by atoms with E-state index in [-0.39, 0.29) is 30.0 Å². The molecule has 4 rings (SSSR count). The van der Waals surface area contributed by atoms with Gasteiger partial charge in [0.25, 0.3) is 0 Å². The second-order valence-electron chi connectivity index (χ2n) is 7.18. The molecule has 1 spiro atoms. The number of hydrogen-bond donors (Lipinski definition) is 1. The average molecular weight is 375 g/mol. The third kappa shape index (κ3) is 3.24. The van der Waals surface area contributed by atoms with Crippen LogP contribution in [0.2, 0.25) is 0 Å². The van der Waals surface area contributed by atoms with Crippen molar-refractivity contribution in [3.63, 3.8) is 0 Å². The second-order valence-corrected chi connectivity index (χ2v) is 7.18. The number of nitrogens with one attached hydrogen (secondary N) is 1. The maximum absolute atomic E-state index is 14.5. The first-order valence-electron chi connectivity index (χ1n) is 8.99. The summed E-state index contributed by atoms with van der Waals surface area (Å²) in [5.41, 5.74) is 1.27. The lowest BCUT2D eigenvalue weighted by Crippen LogP contribution is -2.48. The molecule has 26 heavy (non-hydrogen) atoms. The highest BCUT2D eigenvalue weighted by molar-refractivity contribution is 5.87. The van der Waals surface area contributed by atoms with Gasteiger partial charge in [-0.1, -0.05) is 48.5 Å². The van der Waals surface area contributed by atoms with E-state index >= 15 is 0 Å². The van der Waals surface area contributed by atoms with E-state index in [0.29, 0.717) is 25.2 Å². The minimum Gasteiger partial charge on any atom is -0.337 e. The molecule has 2 aromatic rings. The number of halogens is 2. The van der Waals surface area contributed by atoms with Crippen molar-refractivity contribution in [3.05, 3.63) is 71.5 Å². The van der Waals surface area contributed by atoms with Crippen molar-refractivity contribution in [1.82, 2.24) is 10.2 Å². The van der Waals surface area contributed by atoms with Gasteiger partial charge in [-0.15, -0.1) is 12.4 Å². The van der Waals surface area contributed by atoms with Crippen LogP contribution in [-0.4, -0.2) is 30.4 Å². The molecule has 0 bridgehead atoms. The van der Waals surface area contributed by atoms with Crippen molar-refractivity contribution in [2.45, 2.75) is 25.3 Å². The first-order chi connectivity index (χ1) is 12.2. The van der Waals surface area contributed by atoms with Gasteiger partial charge in [0.05, 0.1) is 5.41 Å². The Bertz CT molecular complexity index is 762. The van der Waals surface area contributed by atoms with Crippen LogP contribution in [0.15, 0.2) is 54.6 Å². The van der Waals surface area contributed by atoms with Crippen LogP contribution in [0.25, 0.3) is 0 Å². The summed E-state index contributed by atoms with van der Waals surface area (Å²) in [6.45, 7) is 2.73. The molecule has 1 amide bonds. The third-order valence-corrected chi connectivity index (χ3v) is 5.70. The molecule has 2 aromatic carbocycles. The highest BCUT2D eigenvalue weighted by atomic mass is 35.5. The average Bonchev–Trinajstić information content (AvgIpc) is 2.90. The predicted molar refractivity (Wildman–Crippen MR) is 103 cm³/mol. The van der Waals surface area contributed by atoms with Crippen LogP contribution in [0.4, 0.5) is 4.39 Å². The highest BCUT2D eigenvalue weighted by Crippen LogP contribution is 2.48. The number of hydrogen-bond acceptors (Lipinski definition) is 2. The SMILES string of the molecule is Cl.O=C1N(Cc2ccccc2)CC(c2ccccc2F)C12CCCNC2. The number of carbonyl (C=O) groups excluding carboxylic acids is 1. The number of amides is 1. The molecule has 2 aliphatic heterocycles. The Morgan fingerprint density at radius 3 is 2.54 bits per heavy atom. The van der Waals surface area contributed by atoms with Crippen molar-refractivity contribution in [2.24, 2.45) is 5.41 Å². The van der Waals surface area contributed by atoms with Crippen LogP contribution in [-0.2, 0) is 11.3 Å². The molecule has 2 heterocycles. The van der Waals surface area contributed by atoms with Crippen LogP contribution < -0.4 is 5.32 Å². The van der Waals surface area contributed by atoms with Crippen molar-refractivity contribution in [1.29, 1.82) is 0 Å². The van der Waals surface area contributed by atoms with Gasteiger partial charge in [-0.3, -0.25) is 4.79 Å². The van der Waals surface area contributed by atoms with Gasteiger partial charge in [0.2, 0.25) is 5.91 Å². The lowest BCUT2D eigenvalue weighted by molar-refractivity contribution is -0.137. The Balaban J connectivity index is 0.00000196. The quantitative estimate of drug-likeness (QED) is 0.887. The monoisotopic (exact) mass is 374 g/mol. The van der Waals surface area contributed by atoms with Gasteiger partial charge in [0.15, 0.2) is 0 Å². The smallest absolute Gasteiger partial charge is 0.231 e. The van der Waals surface area contributed by atoms with E-state index in [0.717, 1.165) is 24.9 Å². The number of piperidine rings is 1. The topological polar surface area (TPSA) is 32.3 Å². The van der Waals surface area contributed by atoms with Crippen LogP contribution in [0.3, 0.4) is 0 Å². The Kier molecular flexibility index (Phi) is 5.64. The minimum absolute atomic E-state index is 0. The van der Waals surface area contributed by atoms with Gasteiger partial charge in [-0.05, 0) is 36.6 Å². The molecule has 2 saturated heterocycles. The number of nitrogens with zero attached hydrogens (tertiary/aromatic N) is 1. The van der Waals surface area contributed by atoms with Crippen molar-refractivity contribution in [3.8, 4) is 0 Å². The van der Waals surface area contributed by atoms with Gasteiger partial charge < -0.3 is 10.2 Å². The van der Waals surface area contributed by atoms with E-state index in [1.807, 2.05) is 47.4 Å². The zero-order chi connectivity index (χ0) is 17.3. The summed E-state index contributed by atoms with van der Waals surface area (Å²) >= 11 is 0. The van der Waals surface area contributed by atoms with Crippen LogP contribution in [0, 0.1) is 11.2 Å². The fourth-order valence-corrected chi connectivity index (χ4v) is 4.44. The molecule has 5 heteroatoms. The van der Waals surface area contributed by atoms with E-state index in [1.54, 1.807) is 6.07 Å². The second kappa shape index (κ2) is 7.77. The number of rotatable bonds is 3. The summed E-state index contributed by atoms with van der Waals surface area (Å²) in [7, 11) is 0. The lowest BCUT2D eigenvalue weighted by Gasteiger charge is -2.37. The van der Waals surface area contributed by atoms with Gasteiger partial charge >= 0.3 is 0 Å². The zero-order valence-corrected chi connectivity index (χ0v) is 15.5. The Labute approximate surface area is 160 Å². The number of carbonyl (C=O) groups is 1. The standard InChI is InChI=1S/C21H23FN2O.ClH/c22-19-10-5-4-9-17(19)18-14-24(13-16-7-2-1-3-8-16)20(25)21(18)11-6-12-23-15-21;/h1-5,7-10,18,23H,6,11-15H2;1H. The number of likely N-dealkylation sites (tertiary alicyclic amines) is 1. The largest absolute Gasteiger partial charge is 0.337 e. The van der Waals surface area contributed by atoms with E-state index in [1.165, 1.54) is 6.07 Å². The molecule has 0 aromatic heterocycles. The molecular formula is C21H24ClFN2O. The molecular weight excluding hydrogens is 351 g/mol. The molecule has 1 N–H and O–H groups in total. The summed E-state index contributed by atoms with van der Waals surface area (Å²) in [5.74, 6) is -0.138. The van der Waals surface area contributed by atoms with Gasteiger partial charge in [-0.25, -0.2) is 4.39 Å². The maximum Gasteiger partial charge on any atom is 0.231 e. The fraction of sp³-hybridized carbons (Fsp3) is 0.381. The summed E-state index contributed by atoms with van der Waals surface area (Å²) in [6.07, 6.45) is 1.78. The summed E-state index contributed by atoms with van der Waals surface area (Å²) in [4.78, 5) is 15.3. The molecule has 0 saturated carbocycles. The van der Waals surface area contributed by atoms with E-state index < -0.39 is 5.41 Å². The Hall–Kier alpha value is -1.91. The molecule has 3 nitrogen and oxygen atoms in total. The summed E-state index contributed by atoms with van der Waals surface area (Å²) in [6, 6.07) is 17.0. The fourth-order valence-electron chi connectivity index (χ4n) is 4.44. The maximum atomic E-state index is 14.5. The van der Waals surface area contributed by atoms with Crippen LogP contribution in [0.5, 0.6) is 0 Å². The molecule has 0 radical (unpaired) electrons. The first-order valence-corrected chi connectivity index (χ1v) is 8.99. The summed E-state index contributed by atoms with van der Waals surface area (Å²) in [5, 5.41) is 3.38. The van der Waals surface area contributed by atoms with Crippen molar-refractivity contribution in [2.75, 3.05) is 19.6 Å². The third-order valence-electron chi connectivity index (χ3n) is 5.70. The summed E-state index contributed by atoms with van der Waals surface area (Å²) < 4.78 is 14.5. The number of benzene rings is 2. The van der Waals surface area contributed by atoms with Crippen molar-refractivity contribution < 1.29 is 9.18 Å². The van der Waals surface area contributed by atoms with E-state index in [2.05, 4.69) is 5.32 Å². The molecule has 2 aliphatic rings. The van der Waals surface area contributed by atoms with Gasteiger partial charge in [0, 0.05) is 25.6 Å². The van der Waals surface area contributed by atoms with Crippen molar-refractivity contribution >= 4 is 18.3 Å².